The summed E-state index contributed by atoms with van der Waals surface area (Å²) in [6.07, 6.45) is 1.60. The zero-order valence-electron chi connectivity index (χ0n) is 15.4. The molecule has 0 bridgehead atoms. The third kappa shape index (κ3) is 3.87. The molecule has 148 valence electrons. The summed E-state index contributed by atoms with van der Waals surface area (Å²) in [5.74, 6) is -0.749. The highest BCUT2D eigenvalue weighted by atomic mass is 79.9. The number of nitrogens with one attached hydrogen (secondary N) is 1. The zero-order chi connectivity index (χ0) is 20.8. The van der Waals surface area contributed by atoms with Crippen LogP contribution >= 0.6 is 23.5 Å². The van der Waals surface area contributed by atoms with Crippen LogP contribution in [0.2, 0.25) is 0 Å². The highest BCUT2D eigenvalue weighted by Crippen LogP contribution is 2.54. The molecule has 3 aromatic carbocycles. The van der Waals surface area contributed by atoms with Crippen molar-refractivity contribution in [3.63, 3.8) is 0 Å². The molecule has 1 aromatic heterocycles. The highest BCUT2D eigenvalue weighted by molar-refractivity contribution is 9.10. The number of aryl methyl sites for hydroxylation is 1. The first-order valence-electron chi connectivity index (χ1n) is 8.83. The second kappa shape index (κ2) is 7.43. The van der Waals surface area contributed by atoms with Gasteiger partial charge in [0.1, 0.15) is 0 Å². The Kier molecular flexibility index (Phi) is 5.09. The number of rotatable bonds is 4. The number of carbonyl (C=O) groups is 1. The summed E-state index contributed by atoms with van der Waals surface area (Å²) in [6, 6.07) is 18.5. The molecule has 0 radical (unpaired) electrons. The fourth-order valence-electron chi connectivity index (χ4n) is 3.57. The predicted octanol–water partition coefficient (Wildman–Crippen LogP) is 4.95. The summed E-state index contributed by atoms with van der Waals surface area (Å²) in [5, 5.41) is 5.22. The van der Waals surface area contributed by atoms with E-state index in [9.17, 15) is 19.1 Å². The van der Waals surface area contributed by atoms with E-state index >= 15 is 0 Å². The number of anilines is 1. The summed E-state index contributed by atoms with van der Waals surface area (Å²) >= 11 is 3.39. The van der Waals surface area contributed by atoms with Crippen LogP contribution in [0.1, 0.15) is 11.2 Å². The van der Waals surface area contributed by atoms with Gasteiger partial charge < -0.3 is 19.7 Å². The molecule has 1 unspecified atom stereocenters. The van der Waals surface area contributed by atoms with Crippen molar-refractivity contribution in [2.45, 2.75) is 5.66 Å². The number of nitrogens with zero attached hydrogens (tertiary/aromatic N) is 1. The molecular weight excluding hydrogens is 455 g/mol. The van der Waals surface area contributed by atoms with Gasteiger partial charge in [-0.25, -0.2) is 0 Å². The van der Waals surface area contributed by atoms with Gasteiger partial charge in [0.2, 0.25) is 5.91 Å². The molecule has 4 aromatic rings. The van der Waals surface area contributed by atoms with Crippen LogP contribution in [-0.2, 0) is 16.4 Å². The Hall–Kier alpha value is -2.44. The molecule has 0 saturated heterocycles. The van der Waals surface area contributed by atoms with Gasteiger partial charge in [0.25, 0.3) is 0 Å². The first kappa shape index (κ1) is 19.9. The lowest BCUT2D eigenvalue weighted by Gasteiger charge is -2.18. The first-order chi connectivity index (χ1) is 13.7. The Morgan fingerprint density at radius 1 is 1.07 bits per heavy atom. The number of carbonyl (C=O) groups excluding carboxylic acids is 1. The van der Waals surface area contributed by atoms with E-state index in [2.05, 4.69) is 21.2 Å². The maximum atomic E-state index is 13.0. The number of fused-ring (bicyclic) bond motifs is 2. The van der Waals surface area contributed by atoms with Gasteiger partial charge >= 0.3 is 7.60 Å². The van der Waals surface area contributed by atoms with Crippen molar-refractivity contribution >= 4 is 56.8 Å². The van der Waals surface area contributed by atoms with Crippen molar-refractivity contribution < 1.29 is 19.1 Å². The van der Waals surface area contributed by atoms with Crippen LogP contribution in [0.15, 0.2) is 71.3 Å². The second-order valence-electron chi connectivity index (χ2n) is 6.90. The summed E-state index contributed by atoms with van der Waals surface area (Å²) in [5.41, 5.74) is -0.0730. The van der Waals surface area contributed by atoms with E-state index < -0.39 is 19.2 Å². The Labute approximate surface area is 175 Å². The number of amides is 1. The molecule has 29 heavy (non-hydrogen) atoms. The van der Waals surface area contributed by atoms with Crippen LogP contribution in [0, 0.1) is 0 Å². The van der Waals surface area contributed by atoms with Crippen molar-refractivity contribution in [2.75, 3.05) is 5.32 Å². The second-order valence-corrected chi connectivity index (χ2v) is 9.51. The first-order valence-corrected chi connectivity index (χ1v) is 11.3. The summed E-state index contributed by atoms with van der Waals surface area (Å²) in [7, 11) is -3.01. The lowest BCUT2D eigenvalue weighted by molar-refractivity contribution is -0.116. The van der Waals surface area contributed by atoms with Gasteiger partial charge in [-0.15, -0.1) is 0 Å². The smallest absolute Gasteiger partial charge is 0.342 e. The van der Waals surface area contributed by atoms with Gasteiger partial charge in [-0.2, -0.15) is 0 Å². The molecule has 1 amide bonds. The van der Waals surface area contributed by atoms with E-state index in [-0.39, 0.29) is 5.56 Å². The third-order valence-corrected chi connectivity index (χ3v) is 6.56. The Morgan fingerprint density at radius 2 is 1.79 bits per heavy atom. The van der Waals surface area contributed by atoms with Gasteiger partial charge in [-0.3, -0.25) is 9.36 Å². The lowest BCUT2D eigenvalue weighted by atomic mass is 10.1. The van der Waals surface area contributed by atoms with Crippen molar-refractivity contribution in [3.8, 4) is 0 Å². The zero-order valence-corrected chi connectivity index (χ0v) is 17.9. The van der Waals surface area contributed by atoms with Gasteiger partial charge in [-0.1, -0.05) is 46.3 Å². The van der Waals surface area contributed by atoms with Crippen LogP contribution in [0.5, 0.6) is 0 Å². The number of benzene rings is 3. The van der Waals surface area contributed by atoms with Crippen molar-refractivity contribution in [1.82, 2.24) is 4.57 Å². The van der Waals surface area contributed by atoms with Crippen LogP contribution in [0.3, 0.4) is 0 Å². The van der Waals surface area contributed by atoms with Crippen LogP contribution in [0.4, 0.5) is 5.69 Å². The Morgan fingerprint density at radius 3 is 2.52 bits per heavy atom. The molecular formula is C21H18BrN2O4P. The minimum atomic E-state index is -4.79. The normalized spacial score (nSPS) is 13.0. The van der Waals surface area contributed by atoms with Crippen LogP contribution in [0.25, 0.3) is 21.7 Å². The van der Waals surface area contributed by atoms with Crippen molar-refractivity contribution in [1.29, 1.82) is 0 Å². The maximum absolute atomic E-state index is 13.0. The fraction of sp³-hybridized carbons (Fsp3) is 0.0952. The van der Waals surface area contributed by atoms with Crippen molar-refractivity contribution in [2.24, 2.45) is 7.05 Å². The SMILES string of the molecule is Cn1cc(C(C(=O)Nc2ccc3ccccc3c2)P(=O)(O)O)c2cc(Br)ccc21. The largest absolute Gasteiger partial charge is 0.350 e. The molecule has 0 aliphatic rings. The molecule has 1 heterocycles. The molecule has 0 aliphatic carbocycles. The number of halogens is 1. The fourth-order valence-corrected chi connectivity index (χ4v) is 4.86. The van der Waals surface area contributed by atoms with E-state index in [0.717, 1.165) is 20.8 Å². The minimum Gasteiger partial charge on any atom is -0.350 e. The standard InChI is InChI=1S/C21H18BrN2O4P/c1-24-12-18(17-11-15(22)7-9-19(17)24)20(29(26,27)28)21(25)23-16-8-6-13-4-2-3-5-14(13)10-16/h2-12,20H,1H3,(H,23,25)(H2,26,27,28). The van der Waals surface area contributed by atoms with Gasteiger partial charge in [0, 0.05) is 39.9 Å². The quantitative estimate of drug-likeness (QED) is 0.366. The van der Waals surface area contributed by atoms with E-state index in [1.54, 1.807) is 36.0 Å². The third-order valence-electron chi connectivity index (χ3n) is 4.88. The lowest BCUT2D eigenvalue weighted by Crippen LogP contribution is -2.21. The molecule has 1 atom stereocenters. The van der Waals surface area contributed by atoms with Gasteiger partial charge in [-0.05, 0) is 41.1 Å². The average molecular weight is 473 g/mol. The van der Waals surface area contributed by atoms with Crippen LogP contribution in [-0.4, -0.2) is 20.3 Å². The molecule has 6 nitrogen and oxygen atoms in total. The molecule has 0 fully saturated rings. The predicted molar refractivity (Wildman–Crippen MR) is 118 cm³/mol. The summed E-state index contributed by atoms with van der Waals surface area (Å²) < 4.78 is 14.8. The minimum absolute atomic E-state index is 0.287. The number of aromatic nitrogens is 1. The number of hydrogen-bond donors (Lipinski definition) is 3. The molecule has 0 saturated carbocycles. The van der Waals surface area contributed by atoms with E-state index in [4.69, 9.17) is 0 Å². The maximum Gasteiger partial charge on any atom is 0.342 e. The van der Waals surface area contributed by atoms with E-state index in [1.165, 1.54) is 0 Å². The summed E-state index contributed by atoms with van der Waals surface area (Å²) in [4.78, 5) is 33.0. The summed E-state index contributed by atoms with van der Waals surface area (Å²) in [6.45, 7) is 0. The topological polar surface area (TPSA) is 91.6 Å². The monoisotopic (exact) mass is 472 g/mol. The molecule has 4 rings (SSSR count). The van der Waals surface area contributed by atoms with E-state index in [0.29, 0.717) is 11.1 Å². The Bertz CT molecular complexity index is 1290. The number of hydrogen-bond acceptors (Lipinski definition) is 2. The molecule has 0 aliphatic heterocycles. The molecule has 3 N–H and O–H groups in total. The highest BCUT2D eigenvalue weighted by Gasteiger charge is 2.39. The van der Waals surface area contributed by atoms with E-state index in [1.807, 2.05) is 42.5 Å². The van der Waals surface area contributed by atoms with Gasteiger partial charge in [0.05, 0.1) is 0 Å². The van der Waals surface area contributed by atoms with Crippen LogP contribution < -0.4 is 5.32 Å². The Balaban J connectivity index is 1.76. The van der Waals surface area contributed by atoms with Crippen molar-refractivity contribution in [3.05, 3.63) is 76.9 Å². The molecule has 8 heteroatoms. The average Bonchev–Trinajstić information content (AvgIpc) is 2.96. The van der Waals surface area contributed by atoms with Gasteiger partial charge in [0.15, 0.2) is 5.66 Å². The molecule has 0 spiro atoms.